The first-order valence-corrected chi connectivity index (χ1v) is 10.1. The van der Waals surface area contributed by atoms with Crippen LogP contribution in [0.5, 0.6) is 0 Å². The second-order valence-electron chi connectivity index (χ2n) is 6.82. The molecule has 3 rings (SSSR count). The fourth-order valence-corrected chi connectivity index (χ4v) is 3.42. The number of aromatic nitrogens is 1. The van der Waals surface area contributed by atoms with E-state index in [0.29, 0.717) is 34.6 Å². The Morgan fingerprint density at radius 1 is 1.14 bits per heavy atom. The van der Waals surface area contributed by atoms with Gasteiger partial charge in [-0.1, -0.05) is 23.2 Å². The third kappa shape index (κ3) is 5.57. The minimum atomic E-state index is 0.551. The largest absolute Gasteiger partial charge is 0.369 e. The number of nitrogens with one attached hydrogen (secondary N) is 3. The summed E-state index contributed by atoms with van der Waals surface area (Å²) in [4.78, 5) is 4.68. The van der Waals surface area contributed by atoms with Crippen molar-refractivity contribution in [3.8, 4) is 6.07 Å². The third-order valence-electron chi connectivity index (χ3n) is 4.41. The van der Waals surface area contributed by atoms with Gasteiger partial charge in [-0.2, -0.15) is 5.26 Å². The molecule has 1 aromatic heterocycles. The van der Waals surface area contributed by atoms with Crippen LogP contribution in [0.3, 0.4) is 0 Å². The van der Waals surface area contributed by atoms with E-state index in [0.717, 1.165) is 34.1 Å². The van der Waals surface area contributed by atoms with Gasteiger partial charge in [0.05, 0.1) is 11.1 Å². The topological polar surface area (TPSA) is 72.8 Å². The molecule has 1 heterocycles. The van der Waals surface area contributed by atoms with Crippen molar-refractivity contribution in [2.75, 3.05) is 23.7 Å². The number of thiocarbonyl (C=S) groups is 1. The average molecular weight is 424 g/mol. The quantitative estimate of drug-likeness (QED) is 0.375. The van der Waals surface area contributed by atoms with Crippen molar-refractivity contribution in [2.24, 2.45) is 0 Å². The van der Waals surface area contributed by atoms with E-state index < -0.39 is 0 Å². The van der Waals surface area contributed by atoms with Gasteiger partial charge in [0.1, 0.15) is 11.9 Å². The number of benzene rings is 2. The summed E-state index contributed by atoms with van der Waals surface area (Å²) in [5.41, 5.74) is 4.62. The lowest BCUT2D eigenvalue weighted by Crippen LogP contribution is -2.30. The van der Waals surface area contributed by atoms with E-state index in [1.807, 2.05) is 44.2 Å². The second kappa shape index (κ2) is 9.55. The van der Waals surface area contributed by atoms with Crippen molar-refractivity contribution in [1.82, 2.24) is 10.3 Å². The maximum atomic E-state index is 9.47. The Bertz CT molecular complexity index is 1070. The molecule has 29 heavy (non-hydrogen) atoms. The van der Waals surface area contributed by atoms with Crippen molar-refractivity contribution >= 4 is 51.3 Å². The van der Waals surface area contributed by atoms with Crippen LogP contribution >= 0.6 is 23.8 Å². The van der Waals surface area contributed by atoms with E-state index in [4.69, 9.17) is 23.8 Å². The van der Waals surface area contributed by atoms with E-state index in [2.05, 4.69) is 39.1 Å². The molecule has 0 fully saturated rings. The zero-order chi connectivity index (χ0) is 20.8. The molecule has 0 atom stereocenters. The number of pyridine rings is 1. The van der Waals surface area contributed by atoms with Crippen molar-refractivity contribution < 1.29 is 0 Å². The Kier molecular flexibility index (Phi) is 6.86. The van der Waals surface area contributed by atoms with Gasteiger partial charge in [-0.05, 0) is 74.4 Å². The molecule has 7 heteroatoms. The van der Waals surface area contributed by atoms with Crippen LogP contribution in [0.25, 0.3) is 10.9 Å². The summed E-state index contributed by atoms with van der Waals surface area (Å²) in [6.45, 7) is 5.45. The fraction of sp³-hybridized carbons (Fsp3) is 0.227. The van der Waals surface area contributed by atoms with Crippen molar-refractivity contribution in [3.05, 3.63) is 64.2 Å². The van der Waals surface area contributed by atoms with Gasteiger partial charge < -0.3 is 16.0 Å². The molecule has 0 amide bonds. The maximum Gasteiger partial charge on any atom is 0.170 e. The van der Waals surface area contributed by atoms with Gasteiger partial charge >= 0.3 is 0 Å². The first kappa shape index (κ1) is 20.8. The molecule has 0 bridgehead atoms. The summed E-state index contributed by atoms with van der Waals surface area (Å²) in [6, 6.07) is 15.6. The minimum Gasteiger partial charge on any atom is -0.369 e. The zero-order valence-electron chi connectivity index (χ0n) is 16.3. The standard InChI is InChI=1S/C22H22ClN5S/c1-14-10-15(2)20-16(11-14)12-17(13-24)21(28-20)25-8-3-9-26-22(29)27-19-6-4-18(23)5-7-19/h4-7,10-12H,3,8-9H2,1-2H3,(H,25,28)(H2,26,27,29). The number of hydrogen-bond donors (Lipinski definition) is 3. The Morgan fingerprint density at radius 3 is 2.62 bits per heavy atom. The van der Waals surface area contributed by atoms with Crippen LogP contribution in [0.2, 0.25) is 5.02 Å². The lowest BCUT2D eigenvalue weighted by Gasteiger charge is -2.12. The Labute approximate surface area is 181 Å². The summed E-state index contributed by atoms with van der Waals surface area (Å²) in [5.74, 6) is 0.619. The molecule has 148 valence electrons. The van der Waals surface area contributed by atoms with E-state index in [-0.39, 0.29) is 0 Å². The second-order valence-corrected chi connectivity index (χ2v) is 7.66. The third-order valence-corrected chi connectivity index (χ3v) is 4.91. The molecule has 0 unspecified atom stereocenters. The van der Waals surface area contributed by atoms with Crippen LogP contribution < -0.4 is 16.0 Å². The van der Waals surface area contributed by atoms with Crippen LogP contribution in [-0.4, -0.2) is 23.2 Å². The minimum absolute atomic E-state index is 0.551. The van der Waals surface area contributed by atoms with E-state index in [1.54, 1.807) is 0 Å². The SMILES string of the molecule is Cc1cc(C)c2nc(NCCCNC(=S)Nc3ccc(Cl)cc3)c(C#N)cc2c1. The van der Waals surface area contributed by atoms with Gasteiger partial charge in [-0.15, -0.1) is 0 Å². The molecule has 0 saturated heterocycles. The highest BCUT2D eigenvalue weighted by Crippen LogP contribution is 2.24. The molecule has 0 aliphatic heterocycles. The Balaban J connectivity index is 1.52. The number of fused-ring (bicyclic) bond motifs is 1. The van der Waals surface area contributed by atoms with E-state index >= 15 is 0 Å². The van der Waals surface area contributed by atoms with E-state index in [1.165, 1.54) is 0 Å². The predicted octanol–water partition coefficient (Wildman–Crippen LogP) is 5.17. The number of halogens is 1. The van der Waals surface area contributed by atoms with Crippen LogP contribution in [0.15, 0.2) is 42.5 Å². The van der Waals surface area contributed by atoms with E-state index in [9.17, 15) is 5.26 Å². The first-order valence-electron chi connectivity index (χ1n) is 9.32. The highest BCUT2D eigenvalue weighted by molar-refractivity contribution is 7.80. The summed E-state index contributed by atoms with van der Waals surface area (Å²) in [5, 5.41) is 21.3. The zero-order valence-corrected chi connectivity index (χ0v) is 17.9. The monoisotopic (exact) mass is 423 g/mol. The Morgan fingerprint density at radius 2 is 1.90 bits per heavy atom. The normalized spacial score (nSPS) is 10.4. The van der Waals surface area contributed by atoms with Gasteiger partial charge in [-0.25, -0.2) is 4.98 Å². The van der Waals surface area contributed by atoms with Gasteiger partial charge in [0, 0.05) is 29.2 Å². The number of nitriles is 1. The number of nitrogens with zero attached hydrogens (tertiary/aromatic N) is 2. The average Bonchev–Trinajstić information content (AvgIpc) is 2.69. The van der Waals surface area contributed by atoms with Gasteiger partial charge in [0.2, 0.25) is 0 Å². The molecular weight excluding hydrogens is 402 g/mol. The van der Waals surface area contributed by atoms with Crippen LogP contribution in [-0.2, 0) is 0 Å². The molecular formula is C22H22ClN5S. The molecule has 3 aromatic rings. The number of aryl methyl sites for hydroxylation is 2. The maximum absolute atomic E-state index is 9.47. The molecule has 0 spiro atoms. The summed E-state index contributed by atoms with van der Waals surface area (Å²) < 4.78 is 0. The molecule has 3 N–H and O–H groups in total. The van der Waals surface area contributed by atoms with Gasteiger partial charge in [-0.3, -0.25) is 0 Å². The number of hydrogen-bond acceptors (Lipinski definition) is 4. The molecule has 0 aliphatic carbocycles. The summed E-state index contributed by atoms with van der Waals surface area (Å²) >= 11 is 11.2. The molecule has 0 saturated carbocycles. The smallest absolute Gasteiger partial charge is 0.170 e. The summed E-state index contributed by atoms with van der Waals surface area (Å²) in [7, 11) is 0. The fourth-order valence-electron chi connectivity index (χ4n) is 3.08. The highest BCUT2D eigenvalue weighted by Gasteiger charge is 2.09. The van der Waals surface area contributed by atoms with Crippen molar-refractivity contribution in [3.63, 3.8) is 0 Å². The highest BCUT2D eigenvalue weighted by atomic mass is 35.5. The van der Waals surface area contributed by atoms with Gasteiger partial charge in [0.25, 0.3) is 0 Å². The summed E-state index contributed by atoms with van der Waals surface area (Å²) in [6.07, 6.45) is 0.819. The number of anilines is 2. The van der Waals surface area contributed by atoms with Crippen LogP contribution in [0.1, 0.15) is 23.1 Å². The van der Waals surface area contributed by atoms with Crippen molar-refractivity contribution in [1.29, 1.82) is 5.26 Å². The lowest BCUT2D eigenvalue weighted by molar-refractivity contribution is 0.807. The Hall–Kier alpha value is -2.88. The number of rotatable bonds is 6. The van der Waals surface area contributed by atoms with Crippen LogP contribution in [0.4, 0.5) is 11.5 Å². The van der Waals surface area contributed by atoms with Crippen molar-refractivity contribution in [2.45, 2.75) is 20.3 Å². The predicted molar refractivity (Wildman–Crippen MR) is 125 cm³/mol. The molecule has 0 radical (unpaired) electrons. The molecule has 2 aromatic carbocycles. The lowest BCUT2D eigenvalue weighted by atomic mass is 10.1. The van der Waals surface area contributed by atoms with Crippen LogP contribution in [0, 0.1) is 25.2 Å². The molecule has 0 aliphatic rings. The first-order chi connectivity index (χ1) is 14.0. The van der Waals surface area contributed by atoms with Gasteiger partial charge in [0.15, 0.2) is 5.11 Å². The molecule has 5 nitrogen and oxygen atoms in total.